The van der Waals surface area contributed by atoms with Crippen molar-refractivity contribution in [3.05, 3.63) is 64.5 Å². The summed E-state index contributed by atoms with van der Waals surface area (Å²) in [6.45, 7) is 0.336. The number of hydrogen-bond donors (Lipinski definition) is 2. The van der Waals surface area contributed by atoms with E-state index in [9.17, 15) is 18.5 Å². The summed E-state index contributed by atoms with van der Waals surface area (Å²) in [5.74, 6) is 0.624. The zero-order valence-electron chi connectivity index (χ0n) is 13.7. The Hall–Kier alpha value is -3.27. The fourth-order valence-electron chi connectivity index (χ4n) is 2.45. The van der Waals surface area contributed by atoms with Crippen LogP contribution in [0.3, 0.4) is 0 Å². The van der Waals surface area contributed by atoms with Gasteiger partial charge >= 0.3 is 0 Å². The molecule has 0 saturated carbocycles. The molecule has 9 nitrogen and oxygen atoms in total. The smallest absolute Gasteiger partial charge is 0.270 e. The third-order valence-corrected chi connectivity index (χ3v) is 4.81. The molecule has 2 N–H and O–H groups in total. The molecule has 3 rings (SSSR count). The van der Waals surface area contributed by atoms with Crippen LogP contribution in [0, 0.1) is 10.1 Å². The van der Waals surface area contributed by atoms with E-state index in [0.717, 1.165) is 23.4 Å². The topological polar surface area (TPSA) is 131 Å². The third-order valence-electron chi connectivity index (χ3n) is 3.67. The first-order valence-corrected chi connectivity index (χ1v) is 9.41. The van der Waals surface area contributed by atoms with E-state index in [1.54, 1.807) is 0 Å². The first-order valence-electron chi connectivity index (χ1n) is 7.51. The number of anilines is 1. The second kappa shape index (κ2) is 6.92. The van der Waals surface area contributed by atoms with Gasteiger partial charge in [0.2, 0.25) is 0 Å². The summed E-state index contributed by atoms with van der Waals surface area (Å²) in [4.78, 5) is 14.2. The molecule has 0 unspecified atom stereocenters. The van der Waals surface area contributed by atoms with Crippen LogP contribution in [-0.4, -0.2) is 34.8 Å². The lowest BCUT2D eigenvalue weighted by molar-refractivity contribution is -0.385. The van der Waals surface area contributed by atoms with Crippen molar-refractivity contribution in [3.63, 3.8) is 0 Å². The third kappa shape index (κ3) is 3.86. The van der Waals surface area contributed by atoms with E-state index in [1.807, 2.05) is 24.3 Å². The molecule has 1 heterocycles. The number of H-pyrrole nitrogens is 1. The Morgan fingerprint density at radius 2 is 2.04 bits per heavy atom. The molecule has 0 spiro atoms. The largest absolute Gasteiger partial charge is 0.380 e. The number of non-ortho nitro benzene ring substituents is 1. The Kier molecular flexibility index (Phi) is 4.67. The van der Waals surface area contributed by atoms with Gasteiger partial charge in [0.05, 0.1) is 15.5 Å². The lowest BCUT2D eigenvalue weighted by atomic mass is 10.1. The first-order chi connectivity index (χ1) is 12.3. The van der Waals surface area contributed by atoms with Crippen molar-refractivity contribution in [1.82, 2.24) is 15.2 Å². The van der Waals surface area contributed by atoms with E-state index in [4.69, 9.17) is 0 Å². The molecule has 0 amide bonds. The standard InChI is InChI=1S/C16H15N5O4S/c1-26(24,25)15-8-13(21(22)23)5-6-14(15)17-9-11-3-2-4-12(7-11)16-18-10-19-20-16/h2-8,10,17H,9H2,1H3,(H,18,19,20). The molecule has 134 valence electrons. The van der Waals surface area contributed by atoms with Crippen molar-refractivity contribution >= 4 is 21.2 Å². The molecular weight excluding hydrogens is 358 g/mol. The predicted octanol–water partition coefficient (Wildman–Crippen LogP) is 2.40. The number of benzene rings is 2. The Labute approximate surface area is 149 Å². The minimum atomic E-state index is -3.63. The van der Waals surface area contributed by atoms with Crippen LogP contribution in [0.15, 0.2) is 53.7 Å². The first kappa shape index (κ1) is 17.5. The molecule has 10 heteroatoms. The normalized spacial score (nSPS) is 11.3. The molecule has 2 aromatic carbocycles. The highest BCUT2D eigenvalue weighted by molar-refractivity contribution is 7.90. The summed E-state index contributed by atoms with van der Waals surface area (Å²) in [6, 6.07) is 11.2. The van der Waals surface area contributed by atoms with E-state index < -0.39 is 14.8 Å². The Morgan fingerprint density at radius 1 is 1.23 bits per heavy atom. The molecule has 1 aromatic heterocycles. The van der Waals surface area contributed by atoms with Crippen LogP contribution in [0.1, 0.15) is 5.56 Å². The molecule has 0 aliphatic carbocycles. The number of sulfone groups is 1. The van der Waals surface area contributed by atoms with Gasteiger partial charge in [-0.3, -0.25) is 15.2 Å². The molecule has 3 aromatic rings. The molecule has 0 radical (unpaired) electrons. The van der Waals surface area contributed by atoms with Crippen LogP contribution in [0.5, 0.6) is 0 Å². The summed E-state index contributed by atoms with van der Waals surface area (Å²) >= 11 is 0. The summed E-state index contributed by atoms with van der Waals surface area (Å²) in [6.07, 6.45) is 2.43. The second-order valence-electron chi connectivity index (χ2n) is 5.60. The zero-order chi connectivity index (χ0) is 18.7. The maximum Gasteiger partial charge on any atom is 0.270 e. The quantitative estimate of drug-likeness (QED) is 0.501. The Bertz CT molecular complexity index is 1050. The van der Waals surface area contributed by atoms with Crippen LogP contribution in [0.25, 0.3) is 11.4 Å². The minimum absolute atomic E-state index is 0.113. The number of rotatable bonds is 6. The van der Waals surface area contributed by atoms with Gasteiger partial charge in [-0.15, -0.1) is 0 Å². The number of aromatic amines is 1. The fraction of sp³-hybridized carbons (Fsp3) is 0.125. The SMILES string of the molecule is CS(=O)(=O)c1cc([N+](=O)[O-])ccc1NCc1cccc(-c2ncn[nH]2)c1. The number of nitrogens with one attached hydrogen (secondary N) is 2. The molecule has 0 aliphatic heterocycles. The maximum absolute atomic E-state index is 12.0. The zero-order valence-corrected chi connectivity index (χ0v) is 14.5. The molecule has 0 atom stereocenters. The fourth-order valence-corrected chi connectivity index (χ4v) is 3.32. The number of hydrogen-bond acceptors (Lipinski definition) is 7. The van der Waals surface area contributed by atoms with E-state index in [2.05, 4.69) is 20.5 Å². The van der Waals surface area contributed by atoms with E-state index >= 15 is 0 Å². The average Bonchev–Trinajstić information content (AvgIpc) is 3.14. The van der Waals surface area contributed by atoms with Gasteiger partial charge in [0.25, 0.3) is 5.69 Å². The number of nitrogens with zero attached hydrogens (tertiary/aromatic N) is 3. The Morgan fingerprint density at radius 3 is 2.69 bits per heavy atom. The second-order valence-corrected chi connectivity index (χ2v) is 7.58. The van der Waals surface area contributed by atoms with Crippen molar-refractivity contribution in [1.29, 1.82) is 0 Å². The van der Waals surface area contributed by atoms with Crippen molar-refractivity contribution in [2.45, 2.75) is 11.4 Å². The van der Waals surface area contributed by atoms with E-state index in [1.165, 1.54) is 18.5 Å². The highest BCUT2D eigenvalue weighted by Crippen LogP contribution is 2.27. The Balaban J connectivity index is 1.86. The molecule has 0 aliphatic rings. The number of aromatic nitrogens is 3. The van der Waals surface area contributed by atoms with Crippen molar-refractivity contribution in [3.8, 4) is 11.4 Å². The molecular formula is C16H15N5O4S. The van der Waals surface area contributed by atoms with Crippen LogP contribution >= 0.6 is 0 Å². The summed E-state index contributed by atoms with van der Waals surface area (Å²) < 4.78 is 23.9. The lowest BCUT2D eigenvalue weighted by Crippen LogP contribution is -2.07. The monoisotopic (exact) mass is 373 g/mol. The highest BCUT2D eigenvalue weighted by atomic mass is 32.2. The number of nitro benzene ring substituents is 1. The van der Waals surface area contributed by atoms with Gasteiger partial charge in [0.1, 0.15) is 6.33 Å². The molecule has 0 fully saturated rings. The highest BCUT2D eigenvalue weighted by Gasteiger charge is 2.18. The average molecular weight is 373 g/mol. The molecule has 26 heavy (non-hydrogen) atoms. The van der Waals surface area contributed by atoms with Crippen LogP contribution in [0.4, 0.5) is 11.4 Å². The van der Waals surface area contributed by atoms with Gasteiger partial charge in [-0.2, -0.15) is 5.10 Å². The molecule has 0 saturated heterocycles. The minimum Gasteiger partial charge on any atom is -0.380 e. The van der Waals surface area contributed by atoms with Crippen molar-refractivity contribution < 1.29 is 13.3 Å². The number of nitro groups is 1. The summed E-state index contributed by atoms with van der Waals surface area (Å²) in [7, 11) is -3.63. The van der Waals surface area contributed by atoms with E-state index in [-0.39, 0.29) is 10.6 Å². The van der Waals surface area contributed by atoms with Crippen LogP contribution in [0.2, 0.25) is 0 Å². The van der Waals surface area contributed by atoms with Gasteiger partial charge in [0.15, 0.2) is 15.7 Å². The predicted molar refractivity (Wildman–Crippen MR) is 95.4 cm³/mol. The van der Waals surface area contributed by atoms with Gasteiger partial charge < -0.3 is 5.32 Å². The van der Waals surface area contributed by atoms with Crippen molar-refractivity contribution in [2.24, 2.45) is 0 Å². The van der Waals surface area contributed by atoms with Crippen LogP contribution < -0.4 is 5.32 Å². The van der Waals surface area contributed by atoms with Gasteiger partial charge in [0, 0.05) is 30.5 Å². The maximum atomic E-state index is 12.0. The summed E-state index contributed by atoms with van der Waals surface area (Å²) in [5, 5.41) is 20.5. The van der Waals surface area contributed by atoms with Crippen LogP contribution in [-0.2, 0) is 16.4 Å². The van der Waals surface area contributed by atoms with Crippen molar-refractivity contribution in [2.75, 3.05) is 11.6 Å². The van der Waals surface area contributed by atoms with E-state index in [0.29, 0.717) is 18.1 Å². The van der Waals surface area contributed by atoms with Gasteiger partial charge in [-0.05, 0) is 17.7 Å². The lowest BCUT2D eigenvalue weighted by Gasteiger charge is -2.11. The molecule has 0 bridgehead atoms. The summed E-state index contributed by atoms with van der Waals surface area (Å²) in [5.41, 5.74) is 1.76. The van der Waals surface area contributed by atoms with Gasteiger partial charge in [-0.1, -0.05) is 18.2 Å². The van der Waals surface area contributed by atoms with Gasteiger partial charge in [-0.25, -0.2) is 13.4 Å².